The van der Waals surface area contributed by atoms with Crippen molar-refractivity contribution in [1.29, 1.82) is 0 Å². The third-order valence-electron chi connectivity index (χ3n) is 4.75. The van der Waals surface area contributed by atoms with Crippen molar-refractivity contribution < 1.29 is 27.4 Å². The summed E-state index contributed by atoms with van der Waals surface area (Å²) in [6.45, 7) is 2.25. The fourth-order valence-electron chi connectivity index (χ4n) is 3.02. The van der Waals surface area contributed by atoms with Crippen molar-refractivity contribution in [2.75, 3.05) is 31.7 Å². The smallest absolute Gasteiger partial charge is 0.338 e. The second-order valence-corrected chi connectivity index (χ2v) is 8.94. The zero-order valence-corrected chi connectivity index (χ0v) is 19.0. The van der Waals surface area contributed by atoms with E-state index >= 15 is 0 Å². The highest BCUT2D eigenvalue weighted by molar-refractivity contribution is 7.92. The Bertz CT molecular complexity index is 1180. The molecule has 3 rings (SSSR count). The number of esters is 1. The number of nitrogens with zero attached hydrogens (tertiary/aromatic N) is 1. The van der Waals surface area contributed by atoms with Crippen LogP contribution in [-0.2, 0) is 14.8 Å². The third kappa shape index (κ3) is 5.39. The minimum absolute atomic E-state index is 0.0465. The highest BCUT2D eigenvalue weighted by Gasteiger charge is 2.24. The predicted molar refractivity (Wildman–Crippen MR) is 122 cm³/mol. The van der Waals surface area contributed by atoms with Gasteiger partial charge >= 0.3 is 5.97 Å². The lowest BCUT2D eigenvalue weighted by Gasteiger charge is -2.21. The number of hydrogen-bond donors (Lipinski definition) is 0. The summed E-state index contributed by atoms with van der Waals surface area (Å²) in [5.74, 6) is 0.585. The van der Waals surface area contributed by atoms with Gasteiger partial charge in [0.15, 0.2) is 0 Å². The van der Waals surface area contributed by atoms with Crippen molar-refractivity contribution in [2.24, 2.45) is 0 Å². The average molecular weight is 456 g/mol. The summed E-state index contributed by atoms with van der Waals surface area (Å²) < 4.78 is 43.1. The quantitative estimate of drug-likeness (QED) is 0.357. The molecule has 0 atom stereocenters. The summed E-state index contributed by atoms with van der Waals surface area (Å²) in [7, 11) is -0.915. The van der Waals surface area contributed by atoms with E-state index in [0.717, 1.165) is 9.87 Å². The lowest BCUT2D eigenvalue weighted by Crippen LogP contribution is -2.27. The number of ether oxygens (including phenoxy) is 3. The largest absolute Gasteiger partial charge is 0.495 e. The first-order valence-corrected chi connectivity index (χ1v) is 11.4. The average Bonchev–Trinajstić information content (AvgIpc) is 2.81. The molecular formula is C24H25NO6S. The van der Waals surface area contributed by atoms with Crippen LogP contribution in [0.5, 0.6) is 11.5 Å². The summed E-state index contributed by atoms with van der Waals surface area (Å²) >= 11 is 0. The molecule has 32 heavy (non-hydrogen) atoms. The molecule has 0 saturated heterocycles. The van der Waals surface area contributed by atoms with Gasteiger partial charge in [-0.25, -0.2) is 13.2 Å². The monoisotopic (exact) mass is 455 g/mol. The van der Waals surface area contributed by atoms with Crippen LogP contribution >= 0.6 is 0 Å². The van der Waals surface area contributed by atoms with Gasteiger partial charge < -0.3 is 14.2 Å². The standard InChI is InChI=1S/C24H25NO6S/c1-18-7-6-8-20(17-18)30-15-16-31-24(26)19-11-13-21(14-12-19)32(27,28)25(2)22-9-4-5-10-23(22)29-3/h4-14,17H,15-16H2,1-3H3. The van der Waals surface area contributed by atoms with Crippen LogP contribution in [0.3, 0.4) is 0 Å². The molecule has 0 aliphatic heterocycles. The third-order valence-corrected chi connectivity index (χ3v) is 6.53. The van der Waals surface area contributed by atoms with Crippen LogP contribution in [0.25, 0.3) is 0 Å². The fraction of sp³-hybridized carbons (Fsp3) is 0.208. The van der Waals surface area contributed by atoms with Gasteiger partial charge in [-0.2, -0.15) is 0 Å². The van der Waals surface area contributed by atoms with Crippen LogP contribution in [0.4, 0.5) is 5.69 Å². The maximum absolute atomic E-state index is 13.0. The second-order valence-electron chi connectivity index (χ2n) is 6.97. The number of carbonyl (C=O) groups is 1. The molecule has 0 fully saturated rings. The number of benzene rings is 3. The van der Waals surface area contributed by atoms with Gasteiger partial charge in [-0.3, -0.25) is 4.31 Å². The van der Waals surface area contributed by atoms with Crippen molar-refractivity contribution in [3.8, 4) is 11.5 Å². The normalized spacial score (nSPS) is 11.0. The van der Waals surface area contributed by atoms with E-state index in [1.165, 1.54) is 38.4 Å². The van der Waals surface area contributed by atoms with E-state index in [1.807, 2.05) is 31.2 Å². The predicted octanol–water partition coefficient (Wildman–Crippen LogP) is 4.06. The molecule has 0 spiro atoms. The Morgan fingerprint density at radius 2 is 1.66 bits per heavy atom. The van der Waals surface area contributed by atoms with E-state index in [9.17, 15) is 13.2 Å². The Labute approximate surface area is 188 Å². The van der Waals surface area contributed by atoms with E-state index in [1.54, 1.807) is 24.3 Å². The maximum Gasteiger partial charge on any atom is 0.338 e. The molecule has 0 aliphatic rings. The molecule has 0 amide bonds. The lowest BCUT2D eigenvalue weighted by molar-refractivity contribution is 0.0450. The molecule has 168 valence electrons. The van der Waals surface area contributed by atoms with Crippen LogP contribution in [-0.4, -0.2) is 41.8 Å². The van der Waals surface area contributed by atoms with Gasteiger partial charge in [0.25, 0.3) is 10.0 Å². The number of sulfonamides is 1. The Balaban J connectivity index is 1.61. The molecule has 0 N–H and O–H groups in total. The van der Waals surface area contributed by atoms with Gasteiger partial charge in [-0.15, -0.1) is 0 Å². The number of para-hydroxylation sites is 2. The first-order chi connectivity index (χ1) is 15.3. The van der Waals surface area contributed by atoms with E-state index in [4.69, 9.17) is 14.2 Å². The number of anilines is 1. The van der Waals surface area contributed by atoms with E-state index in [2.05, 4.69) is 0 Å². The molecule has 0 aliphatic carbocycles. The number of methoxy groups -OCH3 is 1. The summed E-state index contributed by atoms with van der Waals surface area (Å²) in [5.41, 5.74) is 1.73. The number of carbonyl (C=O) groups excluding carboxylic acids is 1. The minimum atomic E-state index is -3.84. The molecule has 8 heteroatoms. The molecule has 0 unspecified atom stereocenters. The highest BCUT2D eigenvalue weighted by atomic mass is 32.2. The zero-order chi connectivity index (χ0) is 23.1. The van der Waals surface area contributed by atoms with Crippen LogP contribution in [0.15, 0.2) is 77.7 Å². The fourth-order valence-corrected chi connectivity index (χ4v) is 4.23. The summed E-state index contributed by atoms with van der Waals surface area (Å²) in [5, 5.41) is 0. The van der Waals surface area contributed by atoms with Crippen molar-refractivity contribution in [3.63, 3.8) is 0 Å². The highest BCUT2D eigenvalue weighted by Crippen LogP contribution is 2.30. The van der Waals surface area contributed by atoms with Crippen LogP contribution in [0, 0.1) is 6.92 Å². The Morgan fingerprint density at radius 3 is 2.34 bits per heavy atom. The number of aryl methyl sites for hydroxylation is 1. The van der Waals surface area contributed by atoms with E-state index < -0.39 is 16.0 Å². The molecule has 3 aromatic rings. The summed E-state index contributed by atoms with van der Waals surface area (Å²) in [4.78, 5) is 12.3. The number of hydrogen-bond acceptors (Lipinski definition) is 6. The maximum atomic E-state index is 13.0. The SMILES string of the molecule is COc1ccccc1N(C)S(=O)(=O)c1ccc(C(=O)OCCOc2cccc(C)c2)cc1. The van der Waals surface area contributed by atoms with E-state index in [0.29, 0.717) is 17.2 Å². The Kier molecular flexibility index (Phi) is 7.37. The van der Waals surface area contributed by atoms with Gasteiger partial charge in [-0.1, -0.05) is 24.3 Å². The molecule has 0 aromatic heterocycles. The van der Waals surface area contributed by atoms with Gasteiger partial charge in [0, 0.05) is 7.05 Å². The second kappa shape index (κ2) is 10.2. The topological polar surface area (TPSA) is 82.1 Å². The van der Waals surface area contributed by atoms with Gasteiger partial charge in [0.2, 0.25) is 0 Å². The molecular weight excluding hydrogens is 430 g/mol. The summed E-state index contributed by atoms with van der Waals surface area (Å²) in [6.07, 6.45) is 0. The molecule has 0 radical (unpaired) electrons. The van der Waals surface area contributed by atoms with Crippen molar-refractivity contribution in [2.45, 2.75) is 11.8 Å². The molecule has 0 bridgehead atoms. The van der Waals surface area contributed by atoms with Gasteiger partial charge in [0.05, 0.1) is 23.3 Å². The van der Waals surface area contributed by atoms with Crippen molar-refractivity contribution >= 4 is 21.7 Å². The minimum Gasteiger partial charge on any atom is -0.495 e. The van der Waals surface area contributed by atoms with Crippen LogP contribution in [0.1, 0.15) is 15.9 Å². The Hall–Kier alpha value is -3.52. The number of rotatable bonds is 9. The first kappa shape index (κ1) is 23.1. The first-order valence-electron chi connectivity index (χ1n) is 9.91. The Morgan fingerprint density at radius 1 is 0.938 bits per heavy atom. The molecule has 0 saturated carbocycles. The summed E-state index contributed by atoms with van der Waals surface area (Å²) in [6, 6.07) is 20.0. The zero-order valence-electron chi connectivity index (χ0n) is 18.1. The van der Waals surface area contributed by atoms with Crippen LogP contribution < -0.4 is 13.8 Å². The molecule has 7 nitrogen and oxygen atoms in total. The molecule has 3 aromatic carbocycles. The van der Waals surface area contributed by atoms with Crippen molar-refractivity contribution in [3.05, 3.63) is 83.9 Å². The van der Waals surface area contributed by atoms with Gasteiger partial charge in [-0.05, 0) is 61.0 Å². The van der Waals surface area contributed by atoms with Gasteiger partial charge in [0.1, 0.15) is 24.7 Å². The van der Waals surface area contributed by atoms with Crippen molar-refractivity contribution in [1.82, 2.24) is 0 Å². The van der Waals surface area contributed by atoms with E-state index in [-0.39, 0.29) is 23.7 Å². The lowest BCUT2D eigenvalue weighted by atomic mass is 10.2. The molecule has 0 heterocycles. The van der Waals surface area contributed by atoms with Crippen LogP contribution in [0.2, 0.25) is 0 Å².